The van der Waals surface area contributed by atoms with Crippen LogP contribution in [0.3, 0.4) is 0 Å². The summed E-state index contributed by atoms with van der Waals surface area (Å²) >= 11 is 1.51. The first-order chi connectivity index (χ1) is 9.45. The number of sulfonamides is 1. The molecule has 0 radical (unpaired) electrons. The Hall–Kier alpha value is -0.990. The van der Waals surface area contributed by atoms with Gasteiger partial charge < -0.3 is 5.32 Å². The zero-order valence-electron chi connectivity index (χ0n) is 11.3. The smallest absolute Gasteiger partial charge is 0.244 e. The van der Waals surface area contributed by atoms with E-state index in [1.807, 2.05) is 0 Å². The van der Waals surface area contributed by atoms with Crippen molar-refractivity contribution < 1.29 is 13.2 Å². The lowest BCUT2D eigenvalue weighted by atomic mass is 10.2. The number of nitrogens with zero attached hydrogens (tertiary/aromatic N) is 2. The first kappa shape index (κ1) is 14.0. The van der Waals surface area contributed by atoms with Crippen LogP contribution in [0.4, 0.5) is 5.13 Å². The molecule has 0 saturated carbocycles. The van der Waals surface area contributed by atoms with Gasteiger partial charge in [0.25, 0.3) is 0 Å². The Bertz CT molecular complexity index is 617. The molecular formula is C12H17N3O3S2. The summed E-state index contributed by atoms with van der Waals surface area (Å²) in [6.45, 7) is 0.422. The van der Waals surface area contributed by atoms with E-state index in [2.05, 4.69) is 10.3 Å². The van der Waals surface area contributed by atoms with E-state index in [4.69, 9.17) is 0 Å². The maximum Gasteiger partial charge on any atom is 0.244 e. The zero-order valence-corrected chi connectivity index (χ0v) is 12.9. The highest BCUT2D eigenvalue weighted by Gasteiger charge is 2.36. The SMILES string of the molecule is CS(=O)(=O)N1CCC[C@H]1C(=O)Nc1nc2c(s1)CCC2. The number of carbonyl (C=O) groups excluding carboxylic acids is 1. The van der Waals surface area contributed by atoms with Gasteiger partial charge in [-0.25, -0.2) is 13.4 Å². The lowest BCUT2D eigenvalue weighted by Crippen LogP contribution is -2.42. The van der Waals surface area contributed by atoms with E-state index in [0.29, 0.717) is 18.1 Å². The van der Waals surface area contributed by atoms with Crippen LogP contribution in [0.15, 0.2) is 0 Å². The van der Waals surface area contributed by atoms with Gasteiger partial charge in [-0.2, -0.15) is 4.31 Å². The van der Waals surface area contributed by atoms with Crippen LogP contribution in [0, 0.1) is 0 Å². The second kappa shape index (κ2) is 5.09. The van der Waals surface area contributed by atoms with Crippen LogP contribution in [0.5, 0.6) is 0 Å². The zero-order chi connectivity index (χ0) is 14.3. The van der Waals surface area contributed by atoms with E-state index >= 15 is 0 Å². The molecule has 1 saturated heterocycles. The normalized spacial score (nSPS) is 22.9. The first-order valence-corrected chi connectivity index (χ1v) is 9.38. The number of anilines is 1. The van der Waals surface area contributed by atoms with E-state index in [0.717, 1.165) is 37.6 Å². The third-order valence-electron chi connectivity index (χ3n) is 3.76. The fourth-order valence-electron chi connectivity index (χ4n) is 2.83. The number of fused-ring (bicyclic) bond motifs is 1. The number of nitrogens with one attached hydrogen (secondary N) is 1. The van der Waals surface area contributed by atoms with Crippen LogP contribution in [-0.2, 0) is 27.7 Å². The fourth-order valence-corrected chi connectivity index (χ4v) is 5.01. The van der Waals surface area contributed by atoms with Gasteiger partial charge in [-0.15, -0.1) is 11.3 Å². The summed E-state index contributed by atoms with van der Waals surface area (Å²) in [7, 11) is -3.33. The quantitative estimate of drug-likeness (QED) is 0.902. The molecule has 0 aromatic carbocycles. The summed E-state index contributed by atoms with van der Waals surface area (Å²) in [6.07, 6.45) is 5.58. The second-order valence-corrected chi connectivity index (χ2v) is 8.28. The van der Waals surface area contributed by atoms with Gasteiger partial charge in [0.05, 0.1) is 11.9 Å². The average molecular weight is 315 g/mol. The van der Waals surface area contributed by atoms with Crippen molar-refractivity contribution in [3.63, 3.8) is 0 Å². The maximum atomic E-state index is 12.2. The fraction of sp³-hybridized carbons (Fsp3) is 0.667. The standard InChI is InChI=1S/C12H17N3O3S2/c1-20(17,18)15-7-3-5-9(15)11(16)14-12-13-8-4-2-6-10(8)19-12/h9H,2-7H2,1H3,(H,13,14,16)/t9-/m0/s1. The third kappa shape index (κ3) is 2.59. The molecule has 1 aliphatic carbocycles. The van der Waals surface area contributed by atoms with E-state index in [-0.39, 0.29) is 5.91 Å². The van der Waals surface area contributed by atoms with Crippen LogP contribution < -0.4 is 5.32 Å². The number of amides is 1. The summed E-state index contributed by atoms with van der Waals surface area (Å²) in [5.41, 5.74) is 1.08. The minimum Gasteiger partial charge on any atom is -0.301 e. The Kier molecular flexibility index (Phi) is 3.55. The van der Waals surface area contributed by atoms with E-state index in [1.54, 1.807) is 0 Å². The van der Waals surface area contributed by atoms with Crippen molar-refractivity contribution in [1.29, 1.82) is 0 Å². The summed E-state index contributed by atoms with van der Waals surface area (Å²) in [5, 5.41) is 3.38. The molecule has 110 valence electrons. The molecule has 1 aliphatic heterocycles. The van der Waals surface area contributed by atoms with Gasteiger partial charge in [0.1, 0.15) is 6.04 Å². The third-order valence-corrected chi connectivity index (χ3v) is 6.12. The number of carbonyl (C=O) groups is 1. The highest BCUT2D eigenvalue weighted by molar-refractivity contribution is 7.88. The van der Waals surface area contributed by atoms with E-state index in [9.17, 15) is 13.2 Å². The van der Waals surface area contributed by atoms with E-state index in [1.165, 1.54) is 20.5 Å². The van der Waals surface area contributed by atoms with Gasteiger partial charge in [-0.3, -0.25) is 4.79 Å². The molecule has 1 N–H and O–H groups in total. The van der Waals surface area contributed by atoms with Crippen LogP contribution in [-0.4, -0.2) is 42.5 Å². The molecule has 2 heterocycles. The molecule has 1 aromatic heterocycles. The molecule has 1 aromatic rings. The number of aromatic nitrogens is 1. The molecule has 0 spiro atoms. The van der Waals surface area contributed by atoms with Gasteiger partial charge in [0.15, 0.2) is 5.13 Å². The highest BCUT2D eigenvalue weighted by atomic mass is 32.2. The molecule has 0 unspecified atom stereocenters. The highest BCUT2D eigenvalue weighted by Crippen LogP contribution is 2.31. The van der Waals surface area contributed by atoms with E-state index < -0.39 is 16.1 Å². The predicted octanol–water partition coefficient (Wildman–Crippen LogP) is 0.994. The van der Waals surface area contributed by atoms with Crippen LogP contribution in [0.2, 0.25) is 0 Å². The Morgan fingerprint density at radius 2 is 2.20 bits per heavy atom. The van der Waals surface area contributed by atoms with Gasteiger partial charge in [-0.1, -0.05) is 0 Å². The second-order valence-electron chi connectivity index (χ2n) is 5.26. The van der Waals surface area contributed by atoms with Crippen molar-refractivity contribution in [2.75, 3.05) is 18.1 Å². The van der Waals surface area contributed by atoms with Crippen molar-refractivity contribution in [2.24, 2.45) is 0 Å². The lowest BCUT2D eigenvalue weighted by molar-refractivity contribution is -0.119. The first-order valence-electron chi connectivity index (χ1n) is 6.71. The molecule has 6 nitrogen and oxygen atoms in total. The summed E-state index contributed by atoms with van der Waals surface area (Å²) in [5.74, 6) is -0.264. The van der Waals surface area contributed by atoms with Gasteiger partial charge in [0, 0.05) is 11.4 Å². The van der Waals surface area contributed by atoms with Gasteiger partial charge in [-0.05, 0) is 32.1 Å². The van der Waals surface area contributed by atoms with Crippen LogP contribution in [0.1, 0.15) is 29.8 Å². The Labute approximate surface area is 122 Å². The minimum absolute atomic E-state index is 0.264. The molecule has 2 aliphatic rings. The maximum absolute atomic E-state index is 12.2. The Morgan fingerprint density at radius 1 is 1.40 bits per heavy atom. The number of rotatable bonds is 3. The summed E-state index contributed by atoms with van der Waals surface area (Å²) in [4.78, 5) is 17.9. The molecular weight excluding hydrogens is 298 g/mol. The van der Waals surface area contributed by atoms with Crippen molar-refractivity contribution in [1.82, 2.24) is 9.29 Å². The predicted molar refractivity (Wildman–Crippen MR) is 77.3 cm³/mol. The molecule has 3 rings (SSSR count). The Morgan fingerprint density at radius 3 is 2.90 bits per heavy atom. The number of hydrogen-bond acceptors (Lipinski definition) is 5. The Balaban J connectivity index is 1.72. The van der Waals surface area contributed by atoms with Crippen molar-refractivity contribution in [2.45, 2.75) is 38.1 Å². The van der Waals surface area contributed by atoms with Crippen molar-refractivity contribution in [3.8, 4) is 0 Å². The lowest BCUT2D eigenvalue weighted by Gasteiger charge is -2.20. The van der Waals surface area contributed by atoms with Crippen LogP contribution >= 0.6 is 11.3 Å². The van der Waals surface area contributed by atoms with Crippen molar-refractivity contribution in [3.05, 3.63) is 10.6 Å². The number of hydrogen-bond donors (Lipinski definition) is 1. The van der Waals surface area contributed by atoms with Gasteiger partial charge in [0.2, 0.25) is 15.9 Å². The topological polar surface area (TPSA) is 79.4 Å². The minimum atomic E-state index is -3.33. The average Bonchev–Trinajstić information content (AvgIpc) is 3.00. The summed E-state index contributed by atoms with van der Waals surface area (Å²) in [6, 6.07) is -0.594. The largest absolute Gasteiger partial charge is 0.301 e. The molecule has 20 heavy (non-hydrogen) atoms. The van der Waals surface area contributed by atoms with Crippen LogP contribution in [0.25, 0.3) is 0 Å². The summed E-state index contributed by atoms with van der Waals surface area (Å²) < 4.78 is 24.6. The molecule has 0 bridgehead atoms. The number of aryl methyl sites for hydroxylation is 2. The van der Waals surface area contributed by atoms with Gasteiger partial charge >= 0.3 is 0 Å². The molecule has 1 amide bonds. The molecule has 1 atom stereocenters. The molecule has 1 fully saturated rings. The molecule has 8 heteroatoms. The number of thiazole rings is 1. The monoisotopic (exact) mass is 315 g/mol. The van der Waals surface area contributed by atoms with Crippen molar-refractivity contribution >= 4 is 32.4 Å².